The number of benzene rings is 2. The first-order valence-electron chi connectivity index (χ1n) is 8.02. The lowest BCUT2D eigenvalue weighted by molar-refractivity contribution is -0.117. The summed E-state index contributed by atoms with van der Waals surface area (Å²) in [6, 6.07) is 16.8. The molecule has 2 aromatic carbocycles. The Hall–Kier alpha value is -3.21. The van der Waals surface area contributed by atoms with Crippen LogP contribution < -0.4 is 5.32 Å². The molecule has 3 aromatic rings. The van der Waals surface area contributed by atoms with E-state index < -0.39 is 0 Å². The lowest BCUT2D eigenvalue weighted by Gasteiger charge is -2.10. The number of imidazole rings is 1. The highest BCUT2D eigenvalue weighted by atomic mass is 16.1. The van der Waals surface area contributed by atoms with Crippen molar-refractivity contribution in [3.05, 3.63) is 78.1 Å². The van der Waals surface area contributed by atoms with Crippen molar-refractivity contribution in [3.8, 4) is 0 Å². The van der Waals surface area contributed by atoms with Crippen LogP contribution in [0.4, 0.5) is 0 Å². The van der Waals surface area contributed by atoms with E-state index in [1.165, 1.54) is 0 Å². The molecule has 0 saturated carbocycles. The van der Waals surface area contributed by atoms with Crippen molar-refractivity contribution < 1.29 is 9.59 Å². The Bertz CT molecular complexity index is 942. The molecule has 0 spiro atoms. The molecule has 3 rings (SSSR count). The van der Waals surface area contributed by atoms with E-state index in [1.54, 1.807) is 19.1 Å². The van der Waals surface area contributed by atoms with Gasteiger partial charge in [-0.25, -0.2) is 4.98 Å². The highest BCUT2D eigenvalue weighted by Crippen LogP contribution is 2.17. The molecule has 5 nitrogen and oxygen atoms in total. The topological polar surface area (TPSA) is 64.0 Å². The van der Waals surface area contributed by atoms with Gasteiger partial charge in [-0.15, -0.1) is 0 Å². The summed E-state index contributed by atoms with van der Waals surface area (Å²) < 4.78 is 1.85. The molecule has 0 atom stereocenters. The summed E-state index contributed by atoms with van der Waals surface area (Å²) in [7, 11) is 0. The Morgan fingerprint density at radius 3 is 2.48 bits per heavy atom. The summed E-state index contributed by atoms with van der Waals surface area (Å²) in [6.07, 6.45) is 0. The van der Waals surface area contributed by atoms with Gasteiger partial charge in [-0.1, -0.05) is 49.0 Å². The largest absolute Gasteiger partial charge is 0.345 e. The summed E-state index contributed by atoms with van der Waals surface area (Å²) in [4.78, 5) is 28.9. The number of hydrogen-bond donors (Lipinski definition) is 1. The van der Waals surface area contributed by atoms with Crippen LogP contribution in [0.5, 0.6) is 0 Å². The van der Waals surface area contributed by atoms with Crippen molar-refractivity contribution >= 4 is 22.7 Å². The summed E-state index contributed by atoms with van der Waals surface area (Å²) in [5.41, 5.74) is 2.74. The van der Waals surface area contributed by atoms with Gasteiger partial charge in [-0.05, 0) is 19.1 Å². The SMILES string of the molecule is C=C(C)C(=O)NCc1nc2ccccc2n1CC(=O)c1ccccc1. The fourth-order valence-corrected chi connectivity index (χ4v) is 2.61. The van der Waals surface area contributed by atoms with E-state index in [2.05, 4.69) is 16.9 Å². The number of fused-ring (bicyclic) bond motifs is 1. The van der Waals surface area contributed by atoms with E-state index in [4.69, 9.17) is 0 Å². The second-order valence-electron chi connectivity index (χ2n) is 5.86. The number of hydrogen-bond acceptors (Lipinski definition) is 3. The van der Waals surface area contributed by atoms with Crippen molar-refractivity contribution in [1.82, 2.24) is 14.9 Å². The summed E-state index contributed by atoms with van der Waals surface area (Å²) in [5.74, 6) is 0.407. The van der Waals surface area contributed by atoms with Crippen molar-refractivity contribution in [2.75, 3.05) is 0 Å². The minimum absolute atomic E-state index is 0.00349. The minimum atomic E-state index is -0.229. The van der Waals surface area contributed by atoms with Crippen LogP contribution in [0.2, 0.25) is 0 Å². The van der Waals surface area contributed by atoms with Gasteiger partial charge < -0.3 is 9.88 Å². The monoisotopic (exact) mass is 333 g/mol. The van der Waals surface area contributed by atoms with E-state index >= 15 is 0 Å². The van der Waals surface area contributed by atoms with Crippen LogP contribution in [0.1, 0.15) is 23.1 Å². The molecule has 0 aliphatic rings. The fraction of sp³-hybridized carbons (Fsp3) is 0.150. The Kier molecular flexibility index (Phi) is 4.75. The van der Waals surface area contributed by atoms with Gasteiger partial charge >= 0.3 is 0 Å². The molecule has 0 unspecified atom stereocenters. The maximum absolute atomic E-state index is 12.6. The zero-order chi connectivity index (χ0) is 17.8. The first-order valence-corrected chi connectivity index (χ1v) is 8.02. The Labute approximate surface area is 146 Å². The number of rotatable bonds is 6. The number of ketones is 1. The fourth-order valence-electron chi connectivity index (χ4n) is 2.61. The van der Waals surface area contributed by atoms with Crippen LogP contribution in [0.25, 0.3) is 11.0 Å². The summed E-state index contributed by atoms with van der Waals surface area (Å²) >= 11 is 0. The van der Waals surface area contributed by atoms with Crippen LogP contribution in [0.15, 0.2) is 66.7 Å². The Morgan fingerprint density at radius 2 is 1.76 bits per heavy atom. The number of carbonyl (C=O) groups excluding carboxylic acids is 2. The average molecular weight is 333 g/mol. The van der Waals surface area contributed by atoms with E-state index in [9.17, 15) is 9.59 Å². The molecule has 25 heavy (non-hydrogen) atoms. The van der Waals surface area contributed by atoms with Crippen molar-refractivity contribution in [2.24, 2.45) is 0 Å². The lowest BCUT2D eigenvalue weighted by atomic mass is 10.1. The molecule has 0 radical (unpaired) electrons. The number of nitrogens with zero attached hydrogens (tertiary/aromatic N) is 2. The lowest BCUT2D eigenvalue weighted by Crippen LogP contribution is -2.25. The molecule has 1 aromatic heterocycles. The second-order valence-corrected chi connectivity index (χ2v) is 5.86. The number of nitrogens with one attached hydrogen (secondary N) is 1. The zero-order valence-corrected chi connectivity index (χ0v) is 14.0. The predicted octanol–water partition coefficient (Wildman–Crippen LogP) is 3.11. The van der Waals surface area contributed by atoms with Crippen LogP contribution in [0, 0.1) is 0 Å². The van der Waals surface area contributed by atoms with Crippen LogP contribution >= 0.6 is 0 Å². The van der Waals surface area contributed by atoms with Gasteiger partial charge in [0.1, 0.15) is 5.82 Å². The second kappa shape index (κ2) is 7.13. The predicted molar refractivity (Wildman–Crippen MR) is 97.2 cm³/mol. The van der Waals surface area contributed by atoms with Crippen molar-refractivity contribution in [3.63, 3.8) is 0 Å². The minimum Gasteiger partial charge on any atom is -0.345 e. The number of carbonyl (C=O) groups is 2. The van der Waals surface area contributed by atoms with Crippen molar-refractivity contribution in [1.29, 1.82) is 0 Å². The number of para-hydroxylation sites is 2. The number of amides is 1. The molecule has 0 aliphatic carbocycles. The molecular formula is C20H19N3O2. The molecule has 0 bridgehead atoms. The third-order valence-electron chi connectivity index (χ3n) is 3.93. The molecule has 1 amide bonds. The van der Waals surface area contributed by atoms with Crippen LogP contribution in [-0.2, 0) is 17.9 Å². The maximum Gasteiger partial charge on any atom is 0.246 e. The van der Waals surface area contributed by atoms with Gasteiger partial charge in [-0.3, -0.25) is 9.59 Å². The first kappa shape index (κ1) is 16.6. The maximum atomic E-state index is 12.6. The molecule has 1 N–H and O–H groups in total. The van der Waals surface area contributed by atoms with Gasteiger partial charge in [0.05, 0.1) is 24.1 Å². The molecule has 0 saturated heterocycles. The van der Waals surface area contributed by atoms with Crippen LogP contribution in [-0.4, -0.2) is 21.2 Å². The molecular weight excluding hydrogens is 314 g/mol. The number of aromatic nitrogens is 2. The molecule has 5 heteroatoms. The highest BCUT2D eigenvalue weighted by molar-refractivity contribution is 5.96. The molecule has 1 heterocycles. The Balaban J connectivity index is 1.91. The third kappa shape index (κ3) is 3.66. The van der Waals surface area contributed by atoms with E-state index in [-0.39, 0.29) is 24.8 Å². The standard InChI is InChI=1S/C20H19N3O2/c1-14(2)20(25)21-12-19-22-16-10-6-7-11-17(16)23(19)13-18(24)15-8-4-3-5-9-15/h3-11H,1,12-13H2,2H3,(H,21,25). The zero-order valence-electron chi connectivity index (χ0n) is 14.0. The average Bonchev–Trinajstić information content (AvgIpc) is 2.98. The summed E-state index contributed by atoms with van der Waals surface area (Å²) in [5, 5.41) is 2.78. The van der Waals surface area contributed by atoms with Gasteiger partial charge in [-0.2, -0.15) is 0 Å². The van der Waals surface area contributed by atoms with Gasteiger partial charge in [0.2, 0.25) is 5.91 Å². The van der Waals surface area contributed by atoms with Gasteiger partial charge in [0.25, 0.3) is 0 Å². The quantitative estimate of drug-likeness (QED) is 0.557. The highest BCUT2D eigenvalue weighted by Gasteiger charge is 2.15. The normalized spacial score (nSPS) is 10.6. The smallest absolute Gasteiger partial charge is 0.246 e. The molecule has 126 valence electrons. The molecule has 0 fully saturated rings. The van der Waals surface area contributed by atoms with Gasteiger partial charge in [0.15, 0.2) is 5.78 Å². The Morgan fingerprint density at radius 1 is 1.08 bits per heavy atom. The van der Waals surface area contributed by atoms with E-state index in [0.717, 1.165) is 11.0 Å². The van der Waals surface area contributed by atoms with E-state index in [0.29, 0.717) is 17.0 Å². The third-order valence-corrected chi connectivity index (χ3v) is 3.93. The first-order chi connectivity index (χ1) is 12.1. The molecule has 0 aliphatic heterocycles. The van der Waals surface area contributed by atoms with Crippen molar-refractivity contribution in [2.45, 2.75) is 20.0 Å². The van der Waals surface area contributed by atoms with E-state index in [1.807, 2.05) is 47.0 Å². The number of Topliss-reactive ketones (excluding diaryl/α,β-unsaturated/α-hetero) is 1. The summed E-state index contributed by atoms with van der Waals surface area (Å²) in [6.45, 7) is 5.69. The van der Waals surface area contributed by atoms with Crippen LogP contribution in [0.3, 0.4) is 0 Å². The van der Waals surface area contributed by atoms with Gasteiger partial charge in [0, 0.05) is 11.1 Å².